The van der Waals surface area contributed by atoms with E-state index in [1.807, 2.05) is 72.6 Å². The van der Waals surface area contributed by atoms with Crippen molar-refractivity contribution in [3.05, 3.63) is 103 Å². The number of hydrogen-bond acceptors (Lipinski definition) is 7. The molecule has 0 unspecified atom stereocenters. The van der Waals surface area contributed by atoms with Gasteiger partial charge in [-0.05, 0) is 94.5 Å². The van der Waals surface area contributed by atoms with Crippen LogP contribution in [0.3, 0.4) is 0 Å². The van der Waals surface area contributed by atoms with E-state index in [4.69, 9.17) is 29.0 Å². The molecule has 1 aromatic heterocycles. The Kier molecular flexibility index (Phi) is 10.2. The molecular formula is C43H49B2N3O4. The molecule has 0 spiro atoms. The molecule has 0 atom stereocenters. The van der Waals surface area contributed by atoms with Crippen LogP contribution in [-0.2, 0) is 14.0 Å². The van der Waals surface area contributed by atoms with Crippen molar-refractivity contribution < 1.29 is 19.2 Å². The molecule has 6 aromatic rings. The van der Waals surface area contributed by atoms with Crippen molar-refractivity contribution in [2.75, 3.05) is 7.11 Å². The summed E-state index contributed by atoms with van der Waals surface area (Å²) in [5, 5.41) is 15.4. The number of methoxy groups -OCH3 is 1. The van der Waals surface area contributed by atoms with Gasteiger partial charge in [0.2, 0.25) is 0 Å². The first-order valence-electron chi connectivity index (χ1n) is 17.9. The number of aliphatic hydroxyl groups is 1. The molecule has 0 fully saturated rings. The highest BCUT2D eigenvalue weighted by molar-refractivity contribution is 6.67. The van der Waals surface area contributed by atoms with Crippen LogP contribution < -0.4 is 10.9 Å². The zero-order valence-electron chi connectivity index (χ0n) is 32.1. The Hall–Kier alpha value is -4.40. The zero-order chi connectivity index (χ0) is 37.5. The van der Waals surface area contributed by atoms with E-state index < -0.39 is 22.4 Å². The monoisotopic (exact) mass is 693 g/mol. The molecule has 266 valence electrons. The molecule has 0 saturated carbocycles. The van der Waals surface area contributed by atoms with Gasteiger partial charge in [0.05, 0.1) is 22.4 Å². The summed E-state index contributed by atoms with van der Waals surface area (Å²) in [6, 6.07) is 35.4. The third kappa shape index (κ3) is 7.83. The molecule has 0 amide bonds. The highest BCUT2D eigenvalue weighted by Gasteiger charge is 2.39. The molecule has 0 saturated heterocycles. The standard InChI is InChI=1S/C43H49B2N3O4/c1-40(2,49)41(3,4)52-45(9)36-26-34(25-35(27-36)44-51-43(7,8)42(5,6)50-10)39-47-37(32-21-19-28-15-11-13-17-30(28)23-32)46-38(48-39)33-22-20-29-16-12-14-18-31(29)24-33/h11-27,44,49H,1-10H3. The van der Waals surface area contributed by atoms with Gasteiger partial charge in [0, 0.05) is 23.8 Å². The van der Waals surface area contributed by atoms with Crippen LogP contribution in [0.4, 0.5) is 0 Å². The first-order valence-corrected chi connectivity index (χ1v) is 17.9. The van der Waals surface area contributed by atoms with E-state index in [1.54, 1.807) is 21.0 Å². The van der Waals surface area contributed by atoms with Crippen molar-refractivity contribution in [2.45, 2.75) is 84.6 Å². The Labute approximate surface area is 309 Å². The van der Waals surface area contributed by atoms with Gasteiger partial charge < -0.3 is 19.2 Å². The molecule has 0 radical (unpaired) electrons. The largest absolute Gasteiger partial charge is 0.427 e. The van der Waals surface area contributed by atoms with Crippen LogP contribution in [0.25, 0.3) is 55.7 Å². The van der Waals surface area contributed by atoms with Crippen molar-refractivity contribution in [3.63, 3.8) is 0 Å². The number of ether oxygens (including phenoxy) is 1. The minimum absolute atomic E-state index is 0.322. The van der Waals surface area contributed by atoms with Crippen LogP contribution in [0, 0.1) is 0 Å². The van der Waals surface area contributed by atoms with Gasteiger partial charge in [-0.3, -0.25) is 0 Å². The summed E-state index contributed by atoms with van der Waals surface area (Å²) in [6.45, 7) is 17.1. The van der Waals surface area contributed by atoms with Gasteiger partial charge in [0.15, 0.2) is 17.5 Å². The fourth-order valence-electron chi connectivity index (χ4n) is 5.92. The lowest BCUT2D eigenvalue weighted by Crippen LogP contribution is -2.52. The molecule has 1 heterocycles. The van der Waals surface area contributed by atoms with Gasteiger partial charge in [-0.15, -0.1) is 0 Å². The maximum absolute atomic E-state index is 10.9. The first kappa shape index (κ1) is 37.4. The minimum Gasteiger partial charge on any atom is -0.427 e. The predicted octanol–water partition coefficient (Wildman–Crippen LogP) is 7.77. The molecule has 0 aliphatic heterocycles. The quantitative estimate of drug-likeness (QED) is 0.131. The van der Waals surface area contributed by atoms with Gasteiger partial charge >= 0.3 is 14.4 Å². The van der Waals surface area contributed by atoms with Crippen LogP contribution in [0.5, 0.6) is 0 Å². The van der Waals surface area contributed by atoms with Crippen molar-refractivity contribution in [3.8, 4) is 34.2 Å². The number of rotatable bonds is 12. The van der Waals surface area contributed by atoms with E-state index in [9.17, 15) is 5.11 Å². The summed E-state index contributed by atoms with van der Waals surface area (Å²) in [4.78, 5) is 15.3. The number of fused-ring (bicyclic) bond motifs is 2. The third-order valence-electron chi connectivity index (χ3n) is 10.9. The highest BCUT2D eigenvalue weighted by atomic mass is 16.5. The van der Waals surface area contributed by atoms with Crippen LogP contribution in [0.2, 0.25) is 6.82 Å². The van der Waals surface area contributed by atoms with E-state index in [0.29, 0.717) is 25.0 Å². The molecule has 52 heavy (non-hydrogen) atoms. The predicted molar refractivity (Wildman–Crippen MR) is 217 cm³/mol. The Morgan fingerprint density at radius 2 is 1.04 bits per heavy atom. The van der Waals surface area contributed by atoms with Crippen molar-refractivity contribution >= 4 is 46.9 Å². The second-order valence-corrected chi connectivity index (χ2v) is 15.7. The van der Waals surface area contributed by atoms with E-state index >= 15 is 0 Å². The van der Waals surface area contributed by atoms with Crippen LogP contribution in [-0.4, -0.2) is 64.0 Å². The highest BCUT2D eigenvalue weighted by Crippen LogP contribution is 2.31. The van der Waals surface area contributed by atoms with Gasteiger partial charge in [-0.1, -0.05) is 103 Å². The maximum Gasteiger partial charge on any atom is 0.324 e. The average molecular weight is 694 g/mol. The second-order valence-electron chi connectivity index (χ2n) is 15.7. The molecular weight excluding hydrogens is 644 g/mol. The van der Waals surface area contributed by atoms with E-state index in [2.05, 4.69) is 78.9 Å². The Morgan fingerprint density at radius 3 is 1.52 bits per heavy atom. The van der Waals surface area contributed by atoms with Gasteiger partial charge in [0.25, 0.3) is 0 Å². The number of benzene rings is 5. The lowest BCUT2D eigenvalue weighted by Gasteiger charge is -2.40. The Morgan fingerprint density at radius 1 is 0.558 bits per heavy atom. The maximum atomic E-state index is 10.9. The average Bonchev–Trinajstić information content (AvgIpc) is 3.12. The van der Waals surface area contributed by atoms with E-state index in [1.165, 1.54) is 0 Å². The second kappa shape index (κ2) is 14.2. The minimum atomic E-state index is -1.07. The van der Waals surface area contributed by atoms with Crippen molar-refractivity contribution in [1.82, 2.24) is 15.0 Å². The van der Waals surface area contributed by atoms with Crippen LogP contribution >= 0.6 is 0 Å². The first-order chi connectivity index (χ1) is 24.5. The summed E-state index contributed by atoms with van der Waals surface area (Å²) in [6.07, 6.45) is 0. The van der Waals surface area contributed by atoms with Crippen molar-refractivity contribution in [2.24, 2.45) is 0 Å². The fourth-order valence-corrected chi connectivity index (χ4v) is 5.92. The number of nitrogens with zero attached hydrogens (tertiary/aromatic N) is 3. The molecule has 6 rings (SSSR count). The summed E-state index contributed by atoms with van der Waals surface area (Å²) in [7, 11) is 2.02. The molecule has 1 N–H and O–H groups in total. The van der Waals surface area contributed by atoms with E-state index in [-0.39, 0.29) is 6.92 Å². The van der Waals surface area contributed by atoms with Crippen LogP contribution in [0.15, 0.2) is 103 Å². The fraction of sp³-hybridized carbons (Fsp3) is 0.326. The third-order valence-corrected chi connectivity index (χ3v) is 10.9. The van der Waals surface area contributed by atoms with Gasteiger partial charge in [-0.2, -0.15) is 0 Å². The van der Waals surface area contributed by atoms with Gasteiger partial charge in [-0.25, -0.2) is 15.0 Å². The lowest BCUT2D eigenvalue weighted by atomic mass is 9.60. The molecule has 7 nitrogen and oxygen atoms in total. The number of hydrogen-bond donors (Lipinski definition) is 1. The summed E-state index contributed by atoms with van der Waals surface area (Å²) >= 11 is 0. The topological polar surface area (TPSA) is 86.6 Å². The smallest absolute Gasteiger partial charge is 0.324 e. The lowest BCUT2D eigenvalue weighted by molar-refractivity contribution is -0.114. The zero-order valence-corrected chi connectivity index (χ0v) is 32.1. The van der Waals surface area contributed by atoms with Crippen LogP contribution in [0.1, 0.15) is 55.4 Å². The SMILES string of the molecule is COC(C)(C)C(C)(C)OBc1cc(B(C)OC(C)(C)C(C)(C)O)cc(-c2nc(-c3ccc4ccccc4c3)nc(-c3ccc4ccccc4c3)n2)c1. The van der Waals surface area contributed by atoms with Crippen molar-refractivity contribution in [1.29, 1.82) is 0 Å². The number of aromatic nitrogens is 3. The summed E-state index contributed by atoms with van der Waals surface area (Å²) in [5.74, 6) is 1.70. The molecule has 0 aliphatic rings. The Balaban J connectivity index is 1.51. The van der Waals surface area contributed by atoms with E-state index in [0.717, 1.165) is 49.2 Å². The molecule has 0 bridgehead atoms. The molecule has 0 aliphatic carbocycles. The summed E-state index contributed by atoms with van der Waals surface area (Å²) in [5.41, 5.74) is 1.43. The summed E-state index contributed by atoms with van der Waals surface area (Å²) < 4.78 is 18.9. The molecule has 9 heteroatoms. The molecule has 5 aromatic carbocycles. The Bertz CT molecular complexity index is 2130. The normalized spacial score (nSPS) is 12.8. The van der Waals surface area contributed by atoms with Gasteiger partial charge in [0.1, 0.15) is 0 Å².